The van der Waals surface area contributed by atoms with Gasteiger partial charge in [0.1, 0.15) is 0 Å². The van der Waals surface area contributed by atoms with Crippen LogP contribution in [0.3, 0.4) is 0 Å². The molecule has 0 saturated heterocycles. The number of carbonyl (C=O) groups is 1. The first-order valence-corrected chi connectivity index (χ1v) is 2.32. The zero-order valence-corrected chi connectivity index (χ0v) is 6.32. The van der Waals surface area contributed by atoms with E-state index in [9.17, 15) is 4.79 Å². The lowest BCUT2D eigenvalue weighted by molar-refractivity contribution is -0.896. The zero-order valence-electron chi connectivity index (χ0n) is 6.32. The third-order valence-corrected chi connectivity index (χ3v) is 0.537. The molecule has 0 bridgehead atoms. The number of ether oxygens (including phenoxy) is 1. The Morgan fingerprint density at radius 2 is 2.00 bits per heavy atom. The normalized spacial score (nSPS) is 8.00. The Morgan fingerprint density at radius 3 is 2.11 bits per heavy atom. The number of amides is 1. The fourth-order valence-electron chi connectivity index (χ4n) is 0.255. The number of quaternary nitrogens is 1. The molecule has 1 amide bonds. The van der Waals surface area contributed by atoms with Gasteiger partial charge < -0.3 is 12.2 Å². The van der Waals surface area contributed by atoms with Crippen molar-refractivity contribution in [1.29, 1.82) is 0 Å². The highest BCUT2D eigenvalue weighted by molar-refractivity contribution is 5.65. The van der Waals surface area contributed by atoms with Crippen LogP contribution in [-0.2, 0) is 4.74 Å². The van der Waals surface area contributed by atoms with E-state index < -0.39 is 6.09 Å². The smallest absolute Gasteiger partial charge is 0.450 e. The minimum absolute atomic E-state index is 0. The molecule has 0 spiro atoms. The fraction of sp³-hybridized carbons (Fsp3) is 0.600. The van der Waals surface area contributed by atoms with Gasteiger partial charge in [-0.3, -0.25) is 0 Å². The molecule has 56 valence electrons. The van der Waals surface area contributed by atoms with Crippen LogP contribution in [0.1, 0.15) is 0 Å². The maximum Gasteiger partial charge on any atom is 0.451 e. The molecular weight excluding hydrogens is 120 g/mol. The molecule has 0 fully saturated rings. The Kier molecular flexibility index (Phi) is 6.61. The Morgan fingerprint density at radius 1 is 1.56 bits per heavy atom. The van der Waals surface area contributed by atoms with Crippen molar-refractivity contribution in [3.63, 3.8) is 0 Å². The maximum absolute atomic E-state index is 10.3. The Labute approximate surface area is 55.8 Å². The number of hydrogen-bond acceptors (Lipinski definition) is 2. The monoisotopic (exact) mass is 134 g/mol. The minimum atomic E-state index is -0.412. The van der Waals surface area contributed by atoms with Gasteiger partial charge in [0.15, 0.2) is 0 Å². The largest absolute Gasteiger partial charge is 0.451 e. The predicted octanol–water partition coefficient (Wildman–Crippen LogP) is -1.15. The molecule has 0 aromatic heterocycles. The SMILES string of the molecule is COC(=O)N[NH+](C)C.[CH3-]. The summed E-state index contributed by atoms with van der Waals surface area (Å²) in [5.74, 6) is 0. The van der Waals surface area contributed by atoms with Crippen LogP contribution in [-0.4, -0.2) is 27.3 Å². The van der Waals surface area contributed by atoms with E-state index in [0.29, 0.717) is 0 Å². The molecule has 0 atom stereocenters. The lowest BCUT2D eigenvalue weighted by Crippen LogP contribution is -3.13. The summed E-state index contributed by atoms with van der Waals surface area (Å²) < 4.78 is 4.29. The van der Waals surface area contributed by atoms with E-state index in [2.05, 4.69) is 10.2 Å². The second-order valence-corrected chi connectivity index (χ2v) is 1.62. The number of carbonyl (C=O) groups excluding carboxylic acids is 1. The van der Waals surface area contributed by atoms with Gasteiger partial charge in [0, 0.05) is 0 Å². The third-order valence-electron chi connectivity index (χ3n) is 0.537. The van der Waals surface area contributed by atoms with Gasteiger partial charge in [-0.15, -0.1) is 0 Å². The van der Waals surface area contributed by atoms with Crippen molar-refractivity contribution in [3.05, 3.63) is 7.43 Å². The quantitative estimate of drug-likeness (QED) is 0.351. The van der Waals surface area contributed by atoms with Crippen molar-refractivity contribution in [1.82, 2.24) is 5.43 Å². The molecule has 4 heteroatoms. The van der Waals surface area contributed by atoms with E-state index in [-0.39, 0.29) is 7.43 Å². The lowest BCUT2D eigenvalue weighted by atomic mass is 11.1. The lowest BCUT2D eigenvalue weighted by Gasteiger charge is -2.05. The van der Waals surface area contributed by atoms with Crippen LogP contribution < -0.4 is 10.4 Å². The first-order valence-electron chi connectivity index (χ1n) is 2.32. The van der Waals surface area contributed by atoms with Gasteiger partial charge in [0.2, 0.25) is 0 Å². The third kappa shape index (κ3) is 7.23. The summed E-state index contributed by atoms with van der Waals surface area (Å²) in [6.07, 6.45) is -0.412. The van der Waals surface area contributed by atoms with Crippen LogP contribution in [0.4, 0.5) is 4.79 Å². The van der Waals surface area contributed by atoms with E-state index >= 15 is 0 Å². The fourth-order valence-corrected chi connectivity index (χ4v) is 0.255. The zero-order chi connectivity index (χ0) is 6.57. The Bertz CT molecular complexity index is 83.0. The maximum atomic E-state index is 10.3. The van der Waals surface area contributed by atoms with Crippen LogP contribution in [0.5, 0.6) is 0 Å². The van der Waals surface area contributed by atoms with E-state index in [1.54, 1.807) is 14.1 Å². The molecule has 0 unspecified atom stereocenters. The molecule has 0 aliphatic rings. The van der Waals surface area contributed by atoms with Crippen molar-refractivity contribution >= 4 is 6.09 Å². The second kappa shape index (κ2) is 5.37. The van der Waals surface area contributed by atoms with Crippen LogP contribution in [0.15, 0.2) is 0 Å². The molecule has 0 rings (SSSR count). The summed E-state index contributed by atoms with van der Waals surface area (Å²) >= 11 is 0. The average Bonchev–Trinajstić information content (AvgIpc) is 1.65. The van der Waals surface area contributed by atoms with Gasteiger partial charge in [-0.05, 0) is 0 Å². The summed E-state index contributed by atoms with van der Waals surface area (Å²) in [4.78, 5) is 10.3. The van der Waals surface area contributed by atoms with Crippen LogP contribution in [0, 0.1) is 7.43 Å². The Hall–Kier alpha value is -0.770. The van der Waals surface area contributed by atoms with E-state index in [1.165, 1.54) is 7.11 Å². The van der Waals surface area contributed by atoms with Gasteiger partial charge in [-0.1, -0.05) is 0 Å². The molecule has 4 nitrogen and oxygen atoms in total. The van der Waals surface area contributed by atoms with Crippen LogP contribution in [0.2, 0.25) is 0 Å². The first kappa shape index (κ1) is 11.1. The molecular formula is C5H14N2O2. The predicted molar refractivity (Wildman–Crippen MR) is 34.8 cm³/mol. The van der Waals surface area contributed by atoms with E-state index in [0.717, 1.165) is 5.01 Å². The summed E-state index contributed by atoms with van der Waals surface area (Å²) in [6.45, 7) is 0. The molecule has 0 heterocycles. The number of methoxy groups -OCH3 is 1. The molecule has 0 saturated carbocycles. The van der Waals surface area contributed by atoms with Gasteiger partial charge in [-0.25, -0.2) is 9.80 Å². The van der Waals surface area contributed by atoms with Gasteiger partial charge in [0.05, 0.1) is 21.2 Å². The molecule has 0 aliphatic heterocycles. The first-order chi connectivity index (χ1) is 3.66. The molecule has 2 N–H and O–H groups in total. The highest BCUT2D eigenvalue weighted by Gasteiger charge is 1.99. The molecule has 9 heavy (non-hydrogen) atoms. The topological polar surface area (TPSA) is 42.8 Å². The number of hydrogen-bond donors (Lipinski definition) is 2. The molecule has 0 aromatic carbocycles. The summed E-state index contributed by atoms with van der Waals surface area (Å²) in [6, 6.07) is 0. The Balaban J connectivity index is 0. The van der Waals surface area contributed by atoms with Crippen LogP contribution >= 0.6 is 0 Å². The van der Waals surface area contributed by atoms with Crippen molar-refractivity contribution < 1.29 is 14.5 Å². The number of rotatable bonds is 1. The van der Waals surface area contributed by atoms with Crippen LogP contribution in [0.25, 0.3) is 0 Å². The highest BCUT2D eigenvalue weighted by atomic mass is 16.5. The van der Waals surface area contributed by atoms with Crippen molar-refractivity contribution in [2.24, 2.45) is 0 Å². The number of nitrogens with one attached hydrogen (secondary N) is 2. The molecule has 0 radical (unpaired) electrons. The van der Waals surface area contributed by atoms with Gasteiger partial charge in [-0.2, -0.15) is 5.43 Å². The average molecular weight is 134 g/mol. The summed E-state index contributed by atoms with van der Waals surface area (Å²) in [5.41, 5.74) is 2.45. The van der Waals surface area contributed by atoms with Crippen molar-refractivity contribution in [2.75, 3.05) is 21.2 Å². The van der Waals surface area contributed by atoms with E-state index in [1.807, 2.05) is 0 Å². The minimum Gasteiger partial charge on any atom is -0.450 e. The molecule has 0 aromatic rings. The standard InChI is InChI=1S/C4H10N2O2.CH3/c1-6(2)5-4(7)8-3;/h1-3H3,(H,5,7);1H3/q;-1/p+1. The molecule has 0 aliphatic carbocycles. The summed E-state index contributed by atoms with van der Waals surface area (Å²) in [5, 5.41) is 0.830. The highest BCUT2D eigenvalue weighted by Crippen LogP contribution is 1.60. The van der Waals surface area contributed by atoms with Gasteiger partial charge in [0.25, 0.3) is 0 Å². The summed E-state index contributed by atoms with van der Waals surface area (Å²) in [7, 11) is 4.91. The van der Waals surface area contributed by atoms with E-state index in [4.69, 9.17) is 0 Å². The van der Waals surface area contributed by atoms with Crippen molar-refractivity contribution in [2.45, 2.75) is 0 Å². The van der Waals surface area contributed by atoms with Crippen molar-refractivity contribution in [3.8, 4) is 0 Å². The second-order valence-electron chi connectivity index (χ2n) is 1.62. The van der Waals surface area contributed by atoms with Gasteiger partial charge >= 0.3 is 6.09 Å².